The summed E-state index contributed by atoms with van der Waals surface area (Å²) < 4.78 is 1.83. The number of aromatic nitrogens is 3. The van der Waals surface area contributed by atoms with E-state index < -0.39 is 0 Å². The van der Waals surface area contributed by atoms with Crippen LogP contribution in [-0.2, 0) is 0 Å². The maximum absolute atomic E-state index is 4.33. The number of nitrogens with zero attached hydrogens (tertiary/aromatic N) is 3. The first-order valence-corrected chi connectivity index (χ1v) is 6.10. The van der Waals surface area contributed by atoms with E-state index in [4.69, 9.17) is 0 Å². The van der Waals surface area contributed by atoms with Crippen molar-refractivity contribution in [3.8, 4) is 0 Å². The number of benzene rings is 1. The second kappa shape index (κ2) is 4.51. The van der Waals surface area contributed by atoms with E-state index in [0.29, 0.717) is 0 Å². The first-order valence-electron chi connectivity index (χ1n) is 5.28. The van der Waals surface area contributed by atoms with Crippen LogP contribution >= 0.6 is 11.8 Å². The molecule has 3 rings (SSSR count). The third kappa shape index (κ3) is 2.12. The zero-order valence-corrected chi connectivity index (χ0v) is 9.84. The Hall–Kier alpha value is -1.94. The van der Waals surface area contributed by atoms with Crippen molar-refractivity contribution in [1.29, 1.82) is 0 Å². The summed E-state index contributed by atoms with van der Waals surface area (Å²) in [6, 6.07) is 16.2. The molecule has 82 valence electrons. The largest absolute Gasteiger partial charge is 0.270 e. The van der Waals surface area contributed by atoms with Crippen LogP contribution in [0.15, 0.2) is 71.0 Å². The molecule has 0 aliphatic heterocycles. The fourth-order valence-corrected chi connectivity index (χ4v) is 2.47. The lowest BCUT2D eigenvalue weighted by atomic mass is 10.4. The Morgan fingerprint density at radius 2 is 1.76 bits per heavy atom. The van der Waals surface area contributed by atoms with Gasteiger partial charge in [-0.15, -0.1) is 0 Å². The lowest BCUT2D eigenvalue weighted by Crippen LogP contribution is -2.26. The van der Waals surface area contributed by atoms with Crippen molar-refractivity contribution < 1.29 is 4.52 Å². The molecule has 0 unspecified atom stereocenters. The van der Waals surface area contributed by atoms with Gasteiger partial charge >= 0.3 is 0 Å². The fourth-order valence-electron chi connectivity index (χ4n) is 1.58. The molecule has 0 aliphatic carbocycles. The van der Waals surface area contributed by atoms with Crippen LogP contribution in [0.3, 0.4) is 0 Å². The van der Waals surface area contributed by atoms with Gasteiger partial charge in [-0.25, -0.2) is 4.98 Å². The first kappa shape index (κ1) is 10.2. The molecular weight excluding hydrogens is 230 g/mol. The molecule has 2 aromatic heterocycles. The Morgan fingerprint density at radius 1 is 0.941 bits per heavy atom. The summed E-state index contributed by atoms with van der Waals surface area (Å²) in [6.07, 6.45) is 3.50. The van der Waals surface area contributed by atoms with Crippen molar-refractivity contribution in [3.05, 3.63) is 61.1 Å². The van der Waals surface area contributed by atoms with E-state index in [2.05, 4.69) is 22.2 Å². The van der Waals surface area contributed by atoms with Crippen LogP contribution in [0.2, 0.25) is 0 Å². The van der Waals surface area contributed by atoms with Crippen LogP contribution in [0.5, 0.6) is 0 Å². The number of hydrogen-bond donors (Lipinski definition) is 0. The van der Waals surface area contributed by atoms with Gasteiger partial charge in [-0.1, -0.05) is 30.0 Å². The molecule has 2 heterocycles. The molecule has 0 aliphatic rings. The Labute approximate surface area is 103 Å². The summed E-state index contributed by atoms with van der Waals surface area (Å²) >= 11 is 1.65. The molecule has 3 aromatic rings. The molecule has 0 atom stereocenters. The molecule has 17 heavy (non-hydrogen) atoms. The van der Waals surface area contributed by atoms with Gasteiger partial charge in [0.15, 0.2) is 11.4 Å². The van der Waals surface area contributed by atoms with Crippen LogP contribution in [0.25, 0.3) is 5.52 Å². The number of rotatable bonds is 2. The van der Waals surface area contributed by atoms with Crippen molar-refractivity contribution in [2.45, 2.75) is 9.92 Å². The first-order chi connectivity index (χ1) is 8.43. The molecule has 4 heteroatoms. The zero-order valence-electron chi connectivity index (χ0n) is 9.02. The van der Waals surface area contributed by atoms with Gasteiger partial charge in [-0.2, -0.15) is 0 Å². The van der Waals surface area contributed by atoms with E-state index in [1.807, 2.05) is 47.1 Å². The summed E-state index contributed by atoms with van der Waals surface area (Å²) in [7, 11) is 0. The minimum absolute atomic E-state index is 0.965. The third-order valence-electron chi connectivity index (χ3n) is 2.37. The quantitative estimate of drug-likeness (QED) is 0.644. The van der Waals surface area contributed by atoms with E-state index in [1.54, 1.807) is 18.1 Å². The predicted octanol–water partition coefficient (Wildman–Crippen LogP) is 2.37. The molecular formula is C13H10N3S+. The van der Waals surface area contributed by atoms with Crippen LogP contribution in [0.4, 0.5) is 0 Å². The van der Waals surface area contributed by atoms with Gasteiger partial charge in [0.25, 0.3) is 5.52 Å². The minimum Gasteiger partial charge on any atom is -0.216 e. The smallest absolute Gasteiger partial charge is 0.216 e. The highest BCUT2D eigenvalue weighted by Crippen LogP contribution is 2.26. The minimum atomic E-state index is 0.965. The summed E-state index contributed by atoms with van der Waals surface area (Å²) in [5, 5.41) is 5.14. The van der Waals surface area contributed by atoms with Crippen molar-refractivity contribution in [2.75, 3.05) is 0 Å². The average molecular weight is 240 g/mol. The van der Waals surface area contributed by atoms with E-state index in [1.165, 1.54) is 4.90 Å². The number of pyridine rings is 1. The second-order valence-corrected chi connectivity index (χ2v) is 4.57. The summed E-state index contributed by atoms with van der Waals surface area (Å²) in [5.41, 5.74) is 1.02. The van der Waals surface area contributed by atoms with Crippen LogP contribution in [-0.4, -0.2) is 10.1 Å². The SMILES string of the molecule is c1ccc(Sc2ncn[n+]3ccccc23)cc1. The van der Waals surface area contributed by atoms with Crippen molar-refractivity contribution in [3.63, 3.8) is 0 Å². The lowest BCUT2D eigenvalue weighted by molar-refractivity contribution is -0.583. The maximum atomic E-state index is 4.33. The number of fused-ring (bicyclic) bond motifs is 1. The predicted molar refractivity (Wildman–Crippen MR) is 65.8 cm³/mol. The van der Waals surface area contributed by atoms with Gasteiger partial charge in [0.2, 0.25) is 6.20 Å². The number of hydrogen-bond acceptors (Lipinski definition) is 3. The molecule has 0 radical (unpaired) electrons. The van der Waals surface area contributed by atoms with Gasteiger partial charge in [0.05, 0.1) is 0 Å². The van der Waals surface area contributed by atoms with Crippen LogP contribution in [0, 0.1) is 0 Å². The highest BCUT2D eigenvalue weighted by molar-refractivity contribution is 7.99. The van der Waals surface area contributed by atoms with Gasteiger partial charge in [0, 0.05) is 22.1 Å². The topological polar surface area (TPSA) is 29.9 Å². The monoisotopic (exact) mass is 240 g/mol. The third-order valence-corrected chi connectivity index (χ3v) is 3.38. The van der Waals surface area contributed by atoms with Crippen molar-refractivity contribution >= 4 is 17.3 Å². The lowest BCUT2D eigenvalue weighted by Gasteiger charge is -1.98. The van der Waals surface area contributed by atoms with Crippen LogP contribution in [0.1, 0.15) is 0 Å². The van der Waals surface area contributed by atoms with Gasteiger partial charge < -0.3 is 0 Å². The normalized spacial score (nSPS) is 10.6. The molecule has 0 saturated carbocycles. The van der Waals surface area contributed by atoms with E-state index in [-0.39, 0.29) is 0 Å². The van der Waals surface area contributed by atoms with Crippen molar-refractivity contribution in [1.82, 2.24) is 10.1 Å². The Kier molecular flexibility index (Phi) is 2.71. The van der Waals surface area contributed by atoms with E-state index >= 15 is 0 Å². The summed E-state index contributed by atoms with van der Waals surface area (Å²) in [5.74, 6) is 0. The maximum Gasteiger partial charge on any atom is 0.270 e. The highest BCUT2D eigenvalue weighted by atomic mass is 32.2. The van der Waals surface area contributed by atoms with Crippen LogP contribution < -0.4 is 4.52 Å². The Bertz CT molecular complexity index is 635. The van der Waals surface area contributed by atoms with Gasteiger partial charge in [-0.3, -0.25) is 0 Å². The molecule has 0 saturated heterocycles. The molecule has 0 amide bonds. The van der Waals surface area contributed by atoms with E-state index in [0.717, 1.165) is 10.5 Å². The second-order valence-electron chi connectivity index (χ2n) is 3.51. The summed E-state index contributed by atoms with van der Waals surface area (Å²) in [4.78, 5) is 5.51. The zero-order chi connectivity index (χ0) is 11.5. The van der Waals surface area contributed by atoms with Crippen molar-refractivity contribution in [2.24, 2.45) is 0 Å². The molecule has 0 N–H and O–H groups in total. The Balaban J connectivity index is 2.06. The average Bonchev–Trinajstić information content (AvgIpc) is 2.40. The molecule has 0 fully saturated rings. The highest BCUT2D eigenvalue weighted by Gasteiger charge is 2.11. The molecule has 3 nitrogen and oxygen atoms in total. The Morgan fingerprint density at radius 3 is 2.65 bits per heavy atom. The fraction of sp³-hybridized carbons (Fsp3) is 0. The molecule has 0 spiro atoms. The molecule has 1 aromatic carbocycles. The standard InChI is InChI=1S/C13H10N3S/c1-2-6-11(7-3-1)17-13-12-8-4-5-9-16(12)15-10-14-13/h1-10H/q+1. The summed E-state index contributed by atoms with van der Waals surface area (Å²) in [6.45, 7) is 0. The molecule has 0 bridgehead atoms. The van der Waals surface area contributed by atoms with E-state index in [9.17, 15) is 0 Å². The van der Waals surface area contributed by atoms with Gasteiger partial charge in [0.1, 0.15) is 0 Å². The van der Waals surface area contributed by atoms with Gasteiger partial charge in [-0.05, 0) is 22.7 Å².